The Bertz CT molecular complexity index is 636. The molecule has 1 heterocycles. The van der Waals surface area contributed by atoms with Crippen LogP contribution in [-0.4, -0.2) is 10.9 Å². The molecular formula is C15H15BrClN3O. The maximum Gasteiger partial charge on any atom is 0.229 e. The monoisotopic (exact) mass is 367 g/mol. The highest BCUT2D eigenvalue weighted by atomic mass is 79.9. The molecule has 2 unspecified atom stereocenters. The first-order valence-electron chi connectivity index (χ1n) is 6.41. The van der Waals surface area contributed by atoms with E-state index in [1.54, 1.807) is 19.2 Å². The van der Waals surface area contributed by atoms with Gasteiger partial charge in [0.25, 0.3) is 0 Å². The van der Waals surface area contributed by atoms with Gasteiger partial charge in [0.05, 0.1) is 11.6 Å². The van der Waals surface area contributed by atoms with E-state index in [1.165, 1.54) is 0 Å². The zero-order valence-electron chi connectivity index (χ0n) is 11.4. The van der Waals surface area contributed by atoms with Crippen molar-refractivity contribution in [2.75, 3.05) is 5.32 Å². The minimum Gasteiger partial charge on any atom is -0.323 e. The second-order valence-electron chi connectivity index (χ2n) is 4.71. The van der Waals surface area contributed by atoms with Crippen LogP contribution in [0.3, 0.4) is 0 Å². The number of nitrogens with zero attached hydrogens (tertiary/aromatic N) is 1. The van der Waals surface area contributed by atoms with Gasteiger partial charge in [-0.3, -0.25) is 4.79 Å². The maximum atomic E-state index is 12.3. The topological polar surface area (TPSA) is 68.0 Å². The first-order chi connectivity index (χ1) is 9.99. The molecule has 2 aromatic rings. The van der Waals surface area contributed by atoms with Crippen molar-refractivity contribution in [3.8, 4) is 0 Å². The second-order valence-corrected chi connectivity index (χ2v) is 5.98. The number of carbonyl (C=O) groups is 1. The molecule has 1 aromatic heterocycles. The van der Waals surface area contributed by atoms with Crippen molar-refractivity contribution in [1.82, 2.24) is 4.98 Å². The lowest BCUT2D eigenvalue weighted by Gasteiger charge is -2.20. The molecule has 0 saturated heterocycles. The molecule has 21 heavy (non-hydrogen) atoms. The number of rotatable bonds is 4. The summed E-state index contributed by atoms with van der Waals surface area (Å²) in [4.78, 5) is 16.3. The lowest BCUT2D eigenvalue weighted by molar-refractivity contribution is -0.120. The Morgan fingerprint density at radius 1 is 1.38 bits per heavy atom. The number of aromatic nitrogens is 1. The van der Waals surface area contributed by atoms with E-state index in [2.05, 4.69) is 26.2 Å². The maximum absolute atomic E-state index is 12.3. The number of nitrogens with one attached hydrogen (secondary N) is 1. The van der Waals surface area contributed by atoms with Gasteiger partial charge in [-0.25, -0.2) is 4.98 Å². The Hall–Kier alpha value is -1.43. The molecule has 1 amide bonds. The SMILES string of the molecule is CC(C(=O)Nc1cc(Br)cnc1Cl)C(N)c1ccccc1. The first kappa shape index (κ1) is 15.9. The van der Waals surface area contributed by atoms with E-state index in [0.717, 1.165) is 10.0 Å². The summed E-state index contributed by atoms with van der Waals surface area (Å²) in [5.74, 6) is -0.601. The minimum absolute atomic E-state index is 0.201. The summed E-state index contributed by atoms with van der Waals surface area (Å²) in [5.41, 5.74) is 7.52. The van der Waals surface area contributed by atoms with Gasteiger partial charge in [0.15, 0.2) is 5.15 Å². The molecule has 0 saturated carbocycles. The zero-order chi connectivity index (χ0) is 15.4. The Morgan fingerprint density at radius 2 is 2.05 bits per heavy atom. The molecule has 0 aliphatic heterocycles. The normalized spacial score (nSPS) is 13.5. The quantitative estimate of drug-likeness (QED) is 0.807. The molecule has 0 aliphatic rings. The van der Waals surface area contributed by atoms with E-state index in [0.29, 0.717) is 5.69 Å². The summed E-state index contributed by atoms with van der Waals surface area (Å²) in [6, 6.07) is 10.8. The van der Waals surface area contributed by atoms with Crippen molar-refractivity contribution < 1.29 is 4.79 Å². The van der Waals surface area contributed by atoms with Crippen molar-refractivity contribution in [2.24, 2.45) is 11.7 Å². The zero-order valence-corrected chi connectivity index (χ0v) is 13.7. The van der Waals surface area contributed by atoms with Gasteiger partial charge in [-0.1, -0.05) is 48.9 Å². The highest BCUT2D eigenvalue weighted by Gasteiger charge is 2.22. The van der Waals surface area contributed by atoms with E-state index in [9.17, 15) is 4.79 Å². The highest BCUT2D eigenvalue weighted by molar-refractivity contribution is 9.10. The van der Waals surface area contributed by atoms with E-state index >= 15 is 0 Å². The Labute approximate surface area is 136 Å². The van der Waals surface area contributed by atoms with E-state index in [1.807, 2.05) is 30.3 Å². The predicted molar refractivity (Wildman–Crippen MR) is 88.1 cm³/mol. The summed E-state index contributed by atoms with van der Waals surface area (Å²) in [6.07, 6.45) is 1.57. The van der Waals surface area contributed by atoms with Gasteiger partial charge < -0.3 is 11.1 Å². The Kier molecular flexibility index (Phi) is 5.33. The molecule has 1 aromatic carbocycles. The number of pyridine rings is 1. The molecule has 4 nitrogen and oxygen atoms in total. The van der Waals surface area contributed by atoms with Crippen molar-refractivity contribution >= 4 is 39.1 Å². The van der Waals surface area contributed by atoms with E-state index in [-0.39, 0.29) is 17.1 Å². The van der Waals surface area contributed by atoms with Gasteiger partial charge in [0.2, 0.25) is 5.91 Å². The number of halogens is 2. The summed E-state index contributed by atoms with van der Waals surface area (Å²) in [7, 11) is 0. The summed E-state index contributed by atoms with van der Waals surface area (Å²) in [6.45, 7) is 1.78. The van der Waals surface area contributed by atoms with Gasteiger partial charge in [0, 0.05) is 16.7 Å². The van der Waals surface area contributed by atoms with Crippen LogP contribution in [0.1, 0.15) is 18.5 Å². The van der Waals surface area contributed by atoms with E-state index < -0.39 is 5.92 Å². The van der Waals surface area contributed by atoms with Crippen LogP contribution in [-0.2, 0) is 4.79 Å². The number of benzene rings is 1. The fourth-order valence-electron chi connectivity index (χ4n) is 1.88. The number of nitrogens with two attached hydrogens (primary N) is 1. The van der Waals surface area contributed by atoms with Gasteiger partial charge in [-0.2, -0.15) is 0 Å². The molecule has 0 bridgehead atoms. The molecule has 2 atom stereocenters. The molecule has 110 valence electrons. The van der Waals surface area contributed by atoms with Crippen LogP contribution in [0.25, 0.3) is 0 Å². The first-order valence-corrected chi connectivity index (χ1v) is 7.58. The molecule has 6 heteroatoms. The number of amides is 1. The third-order valence-corrected chi connectivity index (χ3v) is 3.94. The summed E-state index contributed by atoms with van der Waals surface area (Å²) in [5, 5.41) is 3.00. The van der Waals surface area contributed by atoms with E-state index in [4.69, 9.17) is 17.3 Å². The van der Waals surface area contributed by atoms with Crippen LogP contribution >= 0.6 is 27.5 Å². The molecule has 2 rings (SSSR count). The van der Waals surface area contributed by atoms with Crippen LogP contribution in [0.15, 0.2) is 47.1 Å². The molecule has 0 aliphatic carbocycles. The van der Waals surface area contributed by atoms with Crippen LogP contribution in [0.4, 0.5) is 5.69 Å². The smallest absolute Gasteiger partial charge is 0.229 e. The predicted octanol–water partition coefficient (Wildman–Crippen LogP) is 3.77. The van der Waals surface area contributed by atoms with Crippen LogP contribution in [0.5, 0.6) is 0 Å². The average molecular weight is 369 g/mol. The van der Waals surface area contributed by atoms with Crippen LogP contribution < -0.4 is 11.1 Å². The van der Waals surface area contributed by atoms with Gasteiger partial charge in [-0.05, 0) is 27.6 Å². The fourth-order valence-corrected chi connectivity index (χ4v) is 2.37. The Morgan fingerprint density at radius 3 is 2.71 bits per heavy atom. The van der Waals surface area contributed by atoms with Crippen molar-refractivity contribution in [3.63, 3.8) is 0 Å². The number of anilines is 1. The van der Waals surface area contributed by atoms with Crippen molar-refractivity contribution in [1.29, 1.82) is 0 Å². The van der Waals surface area contributed by atoms with Crippen LogP contribution in [0, 0.1) is 5.92 Å². The fraction of sp³-hybridized carbons (Fsp3) is 0.200. The van der Waals surface area contributed by atoms with Gasteiger partial charge in [0.1, 0.15) is 0 Å². The lowest BCUT2D eigenvalue weighted by Crippen LogP contribution is -2.30. The van der Waals surface area contributed by atoms with Crippen molar-refractivity contribution in [2.45, 2.75) is 13.0 Å². The summed E-state index contributed by atoms with van der Waals surface area (Å²) >= 11 is 9.26. The third-order valence-electron chi connectivity index (χ3n) is 3.20. The molecule has 3 N–H and O–H groups in total. The molecule has 0 radical (unpaired) electrons. The van der Waals surface area contributed by atoms with Gasteiger partial charge in [-0.15, -0.1) is 0 Å². The second kappa shape index (κ2) is 7.02. The number of hydrogen-bond acceptors (Lipinski definition) is 3. The van der Waals surface area contributed by atoms with Gasteiger partial charge >= 0.3 is 0 Å². The molecule has 0 fully saturated rings. The van der Waals surface area contributed by atoms with Crippen LogP contribution in [0.2, 0.25) is 5.15 Å². The third kappa shape index (κ3) is 4.03. The standard InChI is InChI=1S/C15H15BrClN3O/c1-9(13(18)10-5-3-2-4-6-10)15(21)20-12-7-11(16)8-19-14(12)17/h2-9,13H,18H2,1H3,(H,20,21). The lowest BCUT2D eigenvalue weighted by atomic mass is 9.94. The minimum atomic E-state index is -0.401. The Balaban J connectivity index is 2.11. The largest absolute Gasteiger partial charge is 0.323 e. The van der Waals surface area contributed by atoms with Crippen molar-refractivity contribution in [3.05, 3.63) is 57.8 Å². The molecule has 0 spiro atoms. The summed E-state index contributed by atoms with van der Waals surface area (Å²) < 4.78 is 0.738. The number of hydrogen-bond donors (Lipinski definition) is 2. The average Bonchev–Trinajstić information content (AvgIpc) is 2.50. The highest BCUT2D eigenvalue weighted by Crippen LogP contribution is 2.25. The number of carbonyl (C=O) groups excluding carboxylic acids is 1. The molecular weight excluding hydrogens is 354 g/mol.